The first-order chi connectivity index (χ1) is 20.6. The summed E-state index contributed by atoms with van der Waals surface area (Å²) in [5.41, 5.74) is 0.811. The lowest BCUT2D eigenvalue weighted by Gasteiger charge is -2.54. The summed E-state index contributed by atoms with van der Waals surface area (Å²) in [7, 11) is 1.98. The molecule has 1 aromatic heterocycles. The summed E-state index contributed by atoms with van der Waals surface area (Å²) in [4.78, 5) is 33.4. The number of aliphatic imine (C=N–C) groups is 1. The van der Waals surface area contributed by atoms with Gasteiger partial charge in [0.05, 0.1) is 0 Å². The minimum Gasteiger partial charge on any atom is -0.341 e. The molecule has 2 fully saturated rings. The number of allylic oxidation sites excluding steroid dienone is 3. The number of carbonyl (C=O) groups excluding carboxylic acids is 2. The number of nitrogens with one attached hydrogen (secondary N) is 1. The molecule has 1 atom stereocenters. The van der Waals surface area contributed by atoms with E-state index in [9.17, 15) is 18.4 Å². The number of nitrogens with zero attached hydrogens (tertiary/aromatic N) is 3. The lowest BCUT2D eigenvalue weighted by Crippen LogP contribution is -2.61. The van der Waals surface area contributed by atoms with Crippen molar-refractivity contribution in [3.05, 3.63) is 89.4 Å². The molecule has 6 nitrogen and oxygen atoms in total. The van der Waals surface area contributed by atoms with E-state index in [-0.39, 0.29) is 28.7 Å². The minimum atomic E-state index is -0.632. The second-order valence-electron chi connectivity index (χ2n) is 13.1. The van der Waals surface area contributed by atoms with Crippen LogP contribution in [0.1, 0.15) is 82.4 Å². The summed E-state index contributed by atoms with van der Waals surface area (Å²) in [6.07, 6.45) is 16.3. The van der Waals surface area contributed by atoms with E-state index in [1.807, 2.05) is 55.9 Å². The van der Waals surface area contributed by atoms with Crippen LogP contribution < -0.4 is 9.88 Å². The summed E-state index contributed by atoms with van der Waals surface area (Å²) in [6, 6.07) is 10.1. The highest BCUT2D eigenvalue weighted by Crippen LogP contribution is 2.42. The average molecular weight is 590 g/mol. The summed E-state index contributed by atoms with van der Waals surface area (Å²) in [5, 5.41) is 3.26. The van der Waals surface area contributed by atoms with Crippen molar-refractivity contribution in [3.8, 4) is 0 Å². The molecule has 2 aromatic rings. The van der Waals surface area contributed by atoms with Crippen LogP contribution in [0.2, 0.25) is 0 Å². The Bertz CT molecular complexity index is 1440. The molecule has 1 amide bonds. The van der Waals surface area contributed by atoms with Crippen molar-refractivity contribution in [2.45, 2.75) is 82.7 Å². The fraction of sp³-hybridized carbons (Fsp3) is 0.486. The Balaban J connectivity index is 1.27. The predicted octanol–water partition coefficient (Wildman–Crippen LogP) is 5.82. The number of hydrogen-bond acceptors (Lipinski definition) is 4. The Morgan fingerprint density at radius 2 is 1.91 bits per heavy atom. The van der Waals surface area contributed by atoms with E-state index in [1.165, 1.54) is 50.3 Å². The summed E-state index contributed by atoms with van der Waals surface area (Å²) < 4.78 is 29.8. The molecule has 1 aromatic carbocycles. The number of amides is 1. The second kappa shape index (κ2) is 13.0. The summed E-state index contributed by atoms with van der Waals surface area (Å²) >= 11 is 0. The summed E-state index contributed by atoms with van der Waals surface area (Å²) in [5.74, 6) is -1.90. The Kier molecular flexibility index (Phi) is 9.35. The monoisotopic (exact) mass is 589 g/mol. The number of hydrogen-bond donors (Lipinski definition) is 1. The third-order valence-electron chi connectivity index (χ3n) is 9.23. The summed E-state index contributed by atoms with van der Waals surface area (Å²) in [6.45, 7) is 5.69. The van der Waals surface area contributed by atoms with Crippen LogP contribution in [0, 0.1) is 17.0 Å². The zero-order valence-electron chi connectivity index (χ0n) is 25.5. The molecule has 1 N–H and O–H groups in total. The maximum absolute atomic E-state index is 14.4. The van der Waals surface area contributed by atoms with Gasteiger partial charge in [-0.3, -0.25) is 19.5 Å². The Morgan fingerprint density at radius 3 is 2.63 bits per heavy atom. The van der Waals surface area contributed by atoms with Crippen LogP contribution in [0.3, 0.4) is 0 Å². The van der Waals surface area contributed by atoms with E-state index >= 15 is 0 Å². The predicted molar refractivity (Wildman–Crippen MR) is 163 cm³/mol. The molecule has 2 aliphatic heterocycles. The van der Waals surface area contributed by atoms with Gasteiger partial charge < -0.3 is 5.32 Å². The van der Waals surface area contributed by atoms with Crippen molar-refractivity contribution >= 4 is 17.9 Å². The Hall–Kier alpha value is -3.52. The average Bonchev–Trinajstić information content (AvgIpc) is 2.95. The van der Waals surface area contributed by atoms with Gasteiger partial charge in [-0.2, -0.15) is 0 Å². The molecule has 1 unspecified atom stereocenters. The fourth-order valence-electron chi connectivity index (χ4n) is 7.04. The molecule has 1 aliphatic carbocycles. The van der Waals surface area contributed by atoms with Crippen molar-refractivity contribution < 1.29 is 22.9 Å². The number of benzene rings is 1. The quantitative estimate of drug-likeness (QED) is 0.281. The van der Waals surface area contributed by atoms with E-state index in [0.717, 1.165) is 24.8 Å². The normalized spacial score (nSPS) is 21.0. The molecule has 8 heteroatoms. The van der Waals surface area contributed by atoms with Crippen molar-refractivity contribution in [3.63, 3.8) is 0 Å². The number of rotatable bonds is 10. The lowest BCUT2D eigenvalue weighted by molar-refractivity contribution is -0.683. The molecule has 0 spiro atoms. The Labute approximate surface area is 253 Å². The first kappa shape index (κ1) is 30.9. The molecule has 1 saturated heterocycles. The van der Waals surface area contributed by atoms with E-state index in [4.69, 9.17) is 0 Å². The molecule has 3 heterocycles. The molecule has 43 heavy (non-hydrogen) atoms. The SMILES string of the molecule is C[n+]1ccccc1C(C)(C)NC(=O)CC1(C/C=C/C(=O)C2=CC(c3ccc(F)cc3F)CC=N2)CN(C2CCCCC2)C1. The first-order valence-electron chi connectivity index (χ1n) is 15.5. The van der Waals surface area contributed by atoms with E-state index in [1.54, 1.807) is 12.3 Å². The fourth-order valence-corrected chi connectivity index (χ4v) is 7.04. The van der Waals surface area contributed by atoms with Gasteiger partial charge in [0.1, 0.15) is 29.9 Å². The number of ketones is 1. The van der Waals surface area contributed by atoms with Gasteiger partial charge in [0.2, 0.25) is 17.4 Å². The van der Waals surface area contributed by atoms with E-state index in [0.29, 0.717) is 30.9 Å². The molecular weight excluding hydrogens is 546 g/mol. The van der Waals surface area contributed by atoms with Gasteiger partial charge in [-0.05, 0) is 63.3 Å². The van der Waals surface area contributed by atoms with Crippen LogP contribution in [0.4, 0.5) is 8.78 Å². The maximum Gasteiger partial charge on any atom is 0.221 e. The second-order valence-corrected chi connectivity index (χ2v) is 13.1. The number of aromatic nitrogens is 1. The molecule has 228 valence electrons. The van der Waals surface area contributed by atoms with Crippen LogP contribution in [0.25, 0.3) is 0 Å². The van der Waals surface area contributed by atoms with Gasteiger partial charge in [0, 0.05) is 61.3 Å². The van der Waals surface area contributed by atoms with Gasteiger partial charge in [-0.25, -0.2) is 13.3 Å². The molecular formula is C35H43F2N4O2+. The number of halogens is 2. The van der Waals surface area contributed by atoms with Crippen LogP contribution in [-0.2, 0) is 22.2 Å². The highest BCUT2D eigenvalue weighted by atomic mass is 19.1. The van der Waals surface area contributed by atoms with Crippen molar-refractivity contribution in [2.24, 2.45) is 17.5 Å². The molecule has 1 saturated carbocycles. The maximum atomic E-state index is 14.4. The van der Waals surface area contributed by atoms with Crippen LogP contribution in [-0.4, -0.2) is 41.9 Å². The topological polar surface area (TPSA) is 65.7 Å². The molecule has 3 aliphatic rings. The van der Waals surface area contributed by atoms with Crippen molar-refractivity contribution in [1.82, 2.24) is 10.2 Å². The highest BCUT2D eigenvalue weighted by molar-refractivity contribution is 6.05. The molecule has 0 radical (unpaired) electrons. The molecule has 0 bridgehead atoms. The zero-order valence-corrected chi connectivity index (χ0v) is 25.5. The smallest absolute Gasteiger partial charge is 0.221 e. The highest BCUT2D eigenvalue weighted by Gasteiger charge is 2.46. The van der Waals surface area contributed by atoms with Gasteiger partial charge in [0.15, 0.2) is 6.20 Å². The lowest BCUT2D eigenvalue weighted by atomic mass is 9.71. The van der Waals surface area contributed by atoms with Gasteiger partial charge in [0.25, 0.3) is 0 Å². The number of likely N-dealkylation sites (tertiary alicyclic amines) is 1. The minimum absolute atomic E-state index is 0.000582. The van der Waals surface area contributed by atoms with Crippen LogP contribution in [0.15, 0.2) is 71.5 Å². The van der Waals surface area contributed by atoms with E-state index in [2.05, 4.69) is 15.2 Å². The van der Waals surface area contributed by atoms with Crippen LogP contribution >= 0.6 is 0 Å². The standard InChI is InChI=1S/C35H42F2N4O2/c1-34(2,32-13-7-8-19-40(32)3)39-33(43)22-35(23-41(24-35)27-10-5-4-6-11-27)17-9-12-31(42)30-20-25(16-18-38-30)28-15-14-26(36)21-29(28)37/h7-9,12-15,18-21,25,27H,4-6,10-11,16-17,22-24H2,1-3H3/p+1/b12-9+. The van der Waals surface area contributed by atoms with Crippen molar-refractivity contribution in [1.29, 1.82) is 0 Å². The van der Waals surface area contributed by atoms with Crippen LogP contribution in [0.5, 0.6) is 0 Å². The first-order valence-corrected chi connectivity index (χ1v) is 15.5. The third kappa shape index (κ3) is 7.35. The largest absolute Gasteiger partial charge is 0.341 e. The van der Waals surface area contributed by atoms with Crippen molar-refractivity contribution in [2.75, 3.05) is 13.1 Å². The van der Waals surface area contributed by atoms with Gasteiger partial charge in [-0.15, -0.1) is 0 Å². The number of pyridine rings is 1. The zero-order chi connectivity index (χ0) is 30.6. The Morgan fingerprint density at radius 1 is 1.14 bits per heavy atom. The number of carbonyl (C=O) groups is 2. The van der Waals surface area contributed by atoms with Gasteiger partial charge >= 0.3 is 0 Å². The number of aryl methyl sites for hydroxylation is 1. The van der Waals surface area contributed by atoms with Gasteiger partial charge in [-0.1, -0.05) is 37.5 Å². The third-order valence-corrected chi connectivity index (χ3v) is 9.23. The molecule has 5 rings (SSSR count). The van der Waals surface area contributed by atoms with E-state index < -0.39 is 17.2 Å².